The van der Waals surface area contributed by atoms with Crippen LogP contribution in [0.25, 0.3) is 83.9 Å². The summed E-state index contributed by atoms with van der Waals surface area (Å²) in [6, 6.07) is 58.6. The largest absolute Gasteiger partial charge is 0.507 e. The van der Waals surface area contributed by atoms with Crippen molar-refractivity contribution >= 4 is 11.0 Å². The molecule has 0 radical (unpaired) electrons. The van der Waals surface area contributed by atoms with Gasteiger partial charge in [0.15, 0.2) is 0 Å². The van der Waals surface area contributed by atoms with E-state index in [1.54, 1.807) is 18.3 Å². The van der Waals surface area contributed by atoms with E-state index in [0.717, 1.165) is 83.6 Å². The quantitative estimate of drug-likeness (QED) is 0.154. The number of aryl methyl sites for hydroxylation is 1. The van der Waals surface area contributed by atoms with E-state index < -0.39 is 6.85 Å². The minimum absolute atomic E-state index is 0. The van der Waals surface area contributed by atoms with Crippen molar-refractivity contribution in [2.45, 2.75) is 52.8 Å². The number of fused-ring (bicyclic) bond motifs is 1. The first-order chi connectivity index (χ1) is 30.2. The molecular weight excluding hydrogens is 926 g/mol. The molecule has 0 amide bonds. The number of hydrogen-bond acceptors (Lipinski definition) is 3. The average Bonchev–Trinajstić information content (AvgIpc) is 3.68. The normalized spacial score (nSPS) is 12.5. The van der Waals surface area contributed by atoms with Gasteiger partial charge in [0.1, 0.15) is 11.6 Å². The van der Waals surface area contributed by atoms with Gasteiger partial charge in [-0.05, 0) is 75.8 Å². The third-order valence-electron chi connectivity index (χ3n) is 11.3. The van der Waals surface area contributed by atoms with Crippen LogP contribution in [0.15, 0.2) is 170 Å². The fourth-order valence-corrected chi connectivity index (χ4v) is 8.04. The van der Waals surface area contributed by atoms with Gasteiger partial charge in [0.05, 0.1) is 22.3 Å². The van der Waals surface area contributed by atoms with E-state index in [1.165, 1.54) is 0 Å². The number of phenols is 1. The van der Waals surface area contributed by atoms with E-state index >= 15 is 0 Å². The average molecular weight is 977 g/mol. The molecule has 0 aliphatic carbocycles. The van der Waals surface area contributed by atoms with Crippen molar-refractivity contribution in [3.8, 4) is 78.6 Å². The fraction of sp³-hybridized carbons (Fsp3) is 0.143. The number of rotatable bonds is 8. The first kappa shape index (κ1) is 37.6. The van der Waals surface area contributed by atoms with Gasteiger partial charge < -0.3 is 5.11 Å². The van der Waals surface area contributed by atoms with Gasteiger partial charge in [-0.1, -0.05) is 184 Å². The second-order valence-electron chi connectivity index (χ2n) is 16.8. The van der Waals surface area contributed by atoms with E-state index in [9.17, 15) is 5.11 Å². The van der Waals surface area contributed by atoms with Crippen LogP contribution in [0.3, 0.4) is 0 Å². The van der Waals surface area contributed by atoms with E-state index in [1.807, 2.05) is 48.5 Å². The minimum atomic E-state index is -2.18. The predicted molar refractivity (Wildman–Crippen MR) is 250 cm³/mol. The molecule has 0 saturated carbocycles. The Bertz CT molecular complexity index is 3110. The molecule has 5 heteroatoms. The van der Waals surface area contributed by atoms with Gasteiger partial charge in [-0.15, -0.1) is 23.8 Å². The first-order valence-corrected chi connectivity index (χ1v) is 20.5. The van der Waals surface area contributed by atoms with Crippen LogP contribution in [0.5, 0.6) is 5.75 Å². The molecule has 0 aliphatic rings. The van der Waals surface area contributed by atoms with Crippen molar-refractivity contribution in [3.05, 3.63) is 193 Å². The predicted octanol–water partition coefficient (Wildman–Crippen LogP) is 14.7. The maximum Gasteiger partial charge on any atom is 0.148 e. The first-order valence-electron chi connectivity index (χ1n) is 22.0. The summed E-state index contributed by atoms with van der Waals surface area (Å²) in [5.74, 6) is 0.947. The molecule has 0 unspecified atom stereocenters. The van der Waals surface area contributed by atoms with Gasteiger partial charge >= 0.3 is 0 Å². The zero-order chi connectivity index (χ0) is 44.0. The molecule has 9 aromatic rings. The molecule has 0 aliphatic heterocycles. The molecule has 0 atom stereocenters. The Kier molecular flexibility index (Phi) is 10.5. The Morgan fingerprint density at radius 3 is 1.98 bits per heavy atom. The molecule has 0 bridgehead atoms. The topological polar surface area (TPSA) is 50.9 Å². The summed E-state index contributed by atoms with van der Waals surface area (Å²) >= 11 is 0. The standard InChI is InChI=1S/C56H48N3O.Pt/c1-36(2)48-34-45(56(4,5)6)35-49(54(48)60)55-58-53-47(21-15-23-52(53)59(55)51-22-14-13-20-46(51)40-18-11-8-12-19-40)43-30-42(38-16-9-7-10-17-38)31-44(32-43)50-33-41(28-29-57-50)39-26-24-37(3)25-27-39;/h7-31,33-36,60H,1-6H3;/q-1;/i3D3;. The van der Waals surface area contributed by atoms with E-state index in [0.29, 0.717) is 17.0 Å². The Morgan fingerprint density at radius 2 is 1.28 bits per heavy atom. The van der Waals surface area contributed by atoms with Crippen LogP contribution in [0.2, 0.25) is 0 Å². The number of imidazole rings is 1. The van der Waals surface area contributed by atoms with Crippen LogP contribution in [-0.2, 0) is 26.5 Å². The van der Waals surface area contributed by atoms with Gasteiger partial charge in [0.2, 0.25) is 0 Å². The third kappa shape index (κ3) is 8.13. The maximum atomic E-state index is 12.3. The van der Waals surface area contributed by atoms with Gasteiger partial charge in [0.25, 0.3) is 0 Å². The number of aromatic nitrogens is 3. The van der Waals surface area contributed by atoms with Crippen LogP contribution in [0.4, 0.5) is 0 Å². The van der Waals surface area contributed by atoms with Crippen LogP contribution >= 0.6 is 0 Å². The smallest absolute Gasteiger partial charge is 0.148 e. The van der Waals surface area contributed by atoms with Crippen molar-refractivity contribution in [2.75, 3.05) is 0 Å². The number of phenolic OH excluding ortho intramolecular Hbond substituents is 1. The molecule has 2 heterocycles. The number of benzene rings is 7. The van der Waals surface area contributed by atoms with Crippen LogP contribution in [-0.4, -0.2) is 19.6 Å². The zero-order valence-corrected chi connectivity index (χ0v) is 37.1. The summed E-state index contributed by atoms with van der Waals surface area (Å²) in [5.41, 5.74) is 14.6. The Balaban J connectivity index is 0.00000560. The number of nitrogens with zero attached hydrogens (tertiary/aromatic N) is 3. The number of para-hydroxylation sites is 2. The molecular formula is C56H48N3OPt-. The van der Waals surface area contributed by atoms with Crippen LogP contribution in [0.1, 0.15) is 61.3 Å². The Hall–Kier alpha value is -6.35. The number of pyridine rings is 1. The van der Waals surface area contributed by atoms with Gasteiger partial charge in [-0.2, -0.15) is 0 Å². The monoisotopic (exact) mass is 976 g/mol. The van der Waals surface area contributed by atoms with E-state index in [2.05, 4.69) is 148 Å². The Morgan fingerprint density at radius 1 is 0.623 bits per heavy atom. The van der Waals surface area contributed by atoms with Crippen molar-refractivity contribution in [3.63, 3.8) is 0 Å². The molecule has 304 valence electrons. The molecule has 61 heavy (non-hydrogen) atoms. The second kappa shape index (κ2) is 17.0. The molecule has 2 aromatic heterocycles. The number of aromatic hydroxyl groups is 1. The molecule has 0 spiro atoms. The third-order valence-corrected chi connectivity index (χ3v) is 11.3. The molecule has 4 nitrogen and oxygen atoms in total. The van der Waals surface area contributed by atoms with Gasteiger partial charge in [0, 0.05) is 42.6 Å². The van der Waals surface area contributed by atoms with Gasteiger partial charge in [-0.3, -0.25) is 9.55 Å². The minimum Gasteiger partial charge on any atom is -0.507 e. The summed E-state index contributed by atoms with van der Waals surface area (Å²) in [7, 11) is 0. The summed E-state index contributed by atoms with van der Waals surface area (Å²) in [4.78, 5) is 10.4. The maximum absolute atomic E-state index is 12.3. The summed E-state index contributed by atoms with van der Waals surface area (Å²) in [6.07, 6.45) is 1.79. The summed E-state index contributed by atoms with van der Waals surface area (Å²) in [6.45, 7) is 8.66. The molecule has 9 rings (SSSR count). The Labute approximate surface area is 378 Å². The van der Waals surface area contributed by atoms with Crippen molar-refractivity contribution in [1.29, 1.82) is 0 Å². The van der Waals surface area contributed by atoms with Crippen LogP contribution < -0.4 is 0 Å². The van der Waals surface area contributed by atoms with Gasteiger partial charge in [-0.25, -0.2) is 4.98 Å². The van der Waals surface area contributed by atoms with Crippen molar-refractivity contribution in [1.82, 2.24) is 14.5 Å². The zero-order valence-electron chi connectivity index (χ0n) is 37.8. The number of hydrogen-bond donors (Lipinski definition) is 1. The molecule has 0 fully saturated rings. The molecule has 7 aromatic carbocycles. The SMILES string of the molecule is [2H]C([2H])([2H])c1ccc(-c2ccnc(-c3[c-]c(-c4cccc5c4nc(-c4cc(C(C)(C)C)cc(C(C)C)c4O)n5-c4ccccc4-c4ccccc4)cc(-c4ccccc4)c3)c2)cc1.[Pt]. The molecule has 1 N–H and O–H groups in total. The van der Waals surface area contributed by atoms with Crippen molar-refractivity contribution in [2.24, 2.45) is 0 Å². The van der Waals surface area contributed by atoms with E-state index in [-0.39, 0.29) is 38.1 Å². The fourth-order valence-electron chi connectivity index (χ4n) is 8.04. The second-order valence-corrected chi connectivity index (χ2v) is 16.8. The molecule has 0 saturated heterocycles. The summed E-state index contributed by atoms with van der Waals surface area (Å²) < 4.78 is 25.7. The summed E-state index contributed by atoms with van der Waals surface area (Å²) in [5, 5.41) is 12.3. The van der Waals surface area contributed by atoms with E-state index in [4.69, 9.17) is 14.1 Å². The van der Waals surface area contributed by atoms with Crippen molar-refractivity contribution < 1.29 is 30.3 Å². The van der Waals surface area contributed by atoms with Crippen LogP contribution in [0, 0.1) is 12.9 Å².